The van der Waals surface area contributed by atoms with Crippen LogP contribution in [0.15, 0.2) is 48.5 Å². The molecule has 0 saturated heterocycles. The van der Waals surface area contributed by atoms with Crippen LogP contribution in [0.4, 0.5) is 0 Å². The first-order chi connectivity index (χ1) is 17.5. The van der Waals surface area contributed by atoms with Crippen LogP contribution in [-0.4, -0.2) is 47.8 Å². The number of hydrogen-bond acceptors (Lipinski definition) is 6. The van der Waals surface area contributed by atoms with E-state index in [9.17, 15) is 9.90 Å². The lowest BCUT2D eigenvalue weighted by molar-refractivity contribution is -0.147. The Labute approximate surface area is 225 Å². The number of carbonyl (C=O) groups is 1. The number of aliphatic hydroxyl groups is 1. The third-order valence-electron chi connectivity index (χ3n) is 7.17. The minimum Gasteiger partial charge on any atom is -0.465 e. The maximum Gasteiger partial charge on any atom is 0.536 e. The highest BCUT2D eigenvalue weighted by atomic mass is 28.4. The van der Waals surface area contributed by atoms with E-state index in [2.05, 4.69) is 26.0 Å². The summed E-state index contributed by atoms with van der Waals surface area (Å²) in [5, 5.41) is 11.2. The van der Waals surface area contributed by atoms with Crippen LogP contribution in [0.25, 0.3) is 0 Å². The van der Waals surface area contributed by atoms with E-state index in [1.54, 1.807) is 21.3 Å². The molecule has 0 heterocycles. The van der Waals surface area contributed by atoms with Gasteiger partial charge in [0.05, 0.1) is 18.1 Å². The molecule has 0 fully saturated rings. The van der Waals surface area contributed by atoms with E-state index >= 15 is 0 Å². The Morgan fingerprint density at radius 2 is 1.43 bits per heavy atom. The van der Waals surface area contributed by atoms with Gasteiger partial charge in [0, 0.05) is 32.9 Å². The molecule has 0 amide bonds. The zero-order chi connectivity index (χ0) is 28.1. The number of benzene rings is 2. The van der Waals surface area contributed by atoms with Gasteiger partial charge in [-0.3, -0.25) is 4.79 Å². The fourth-order valence-electron chi connectivity index (χ4n) is 3.67. The van der Waals surface area contributed by atoms with Gasteiger partial charge < -0.3 is 23.1 Å². The first-order valence-corrected chi connectivity index (χ1v) is 15.0. The molecule has 1 N–H and O–H groups in total. The molecule has 0 aromatic heterocycles. The molecule has 0 aliphatic rings. The summed E-state index contributed by atoms with van der Waals surface area (Å²) in [5.74, 6) is 0.419. The van der Waals surface area contributed by atoms with E-state index < -0.39 is 14.4 Å². The molecule has 6 nitrogen and oxygen atoms in total. The highest BCUT2D eigenvalue weighted by Crippen LogP contribution is 2.24. The van der Waals surface area contributed by atoms with Crippen molar-refractivity contribution in [1.82, 2.24) is 0 Å². The van der Waals surface area contributed by atoms with Crippen LogP contribution in [0, 0.1) is 5.92 Å². The van der Waals surface area contributed by atoms with E-state index in [1.807, 2.05) is 64.1 Å². The van der Waals surface area contributed by atoms with Crippen LogP contribution >= 0.6 is 0 Å². The number of carbonyl (C=O) groups excluding carboxylic acids is 1. The van der Waals surface area contributed by atoms with Crippen LogP contribution < -0.4 is 5.19 Å². The monoisotopic (exact) mass is 532 g/mol. The second-order valence-corrected chi connectivity index (χ2v) is 12.6. The Bertz CT molecular complexity index is 898. The smallest absolute Gasteiger partial charge is 0.465 e. The molecule has 0 spiro atoms. The highest BCUT2D eigenvalue weighted by Gasteiger charge is 2.40. The Kier molecular flexibility index (Phi) is 14.3. The van der Waals surface area contributed by atoms with E-state index in [-0.39, 0.29) is 11.9 Å². The van der Waals surface area contributed by atoms with Gasteiger partial charge in [0.2, 0.25) is 0 Å². The van der Waals surface area contributed by atoms with Gasteiger partial charge in [-0.2, -0.15) is 0 Å². The Morgan fingerprint density at radius 1 is 0.892 bits per heavy atom. The summed E-state index contributed by atoms with van der Waals surface area (Å²) in [6, 6.07) is 16.2. The number of hydrogen-bond donors (Lipinski definition) is 1. The molecular formula is C30H48O6Si. The summed E-state index contributed by atoms with van der Waals surface area (Å²) < 4.78 is 21.6. The summed E-state index contributed by atoms with van der Waals surface area (Å²) in [6.45, 7) is 12.5. The average molecular weight is 533 g/mol. The highest BCUT2D eigenvalue weighted by molar-refractivity contribution is 6.75. The molecule has 7 heteroatoms. The van der Waals surface area contributed by atoms with E-state index in [0.717, 1.165) is 29.2 Å². The second kappa shape index (κ2) is 16.0. The molecule has 0 bridgehead atoms. The molecular weight excluding hydrogens is 484 g/mol. The van der Waals surface area contributed by atoms with E-state index in [1.165, 1.54) is 5.56 Å². The standard InChI is InChI=1S/C17H26O3.C13H22O3Si/c1-5-13(3)16(18)20-12-11-14-7-9-15(10-8-14)17(4,19)6-2;1-6-11(2)12-7-9-13(10-8-12)17(14-3,15-4)16-5/h7-10,13,19H,5-6,11-12H2,1-4H3;7-11H,6H2,1-5H3. The fraction of sp³-hybridized carbons (Fsp3) is 0.567. The van der Waals surface area contributed by atoms with Crippen LogP contribution in [0.1, 0.15) is 83.4 Å². The van der Waals surface area contributed by atoms with Gasteiger partial charge in [-0.15, -0.1) is 0 Å². The zero-order valence-electron chi connectivity index (χ0n) is 24.3. The molecule has 37 heavy (non-hydrogen) atoms. The van der Waals surface area contributed by atoms with Crippen molar-refractivity contribution in [2.45, 2.75) is 78.7 Å². The summed E-state index contributed by atoms with van der Waals surface area (Å²) in [5.41, 5.74) is 2.59. The average Bonchev–Trinajstić information content (AvgIpc) is 2.94. The Hall–Kier alpha value is -2.03. The van der Waals surface area contributed by atoms with E-state index in [4.69, 9.17) is 18.0 Å². The molecule has 0 aliphatic carbocycles. The minimum atomic E-state index is -2.66. The van der Waals surface area contributed by atoms with Crippen molar-refractivity contribution < 1.29 is 27.9 Å². The summed E-state index contributed by atoms with van der Waals surface area (Å²) >= 11 is 0. The van der Waals surface area contributed by atoms with Crippen LogP contribution in [-0.2, 0) is 34.8 Å². The van der Waals surface area contributed by atoms with Gasteiger partial charge in [0.1, 0.15) is 0 Å². The van der Waals surface area contributed by atoms with Crippen LogP contribution in [0.5, 0.6) is 0 Å². The predicted octanol–water partition coefficient (Wildman–Crippen LogP) is 5.72. The number of rotatable bonds is 13. The van der Waals surface area contributed by atoms with Gasteiger partial charge >= 0.3 is 14.8 Å². The SMILES string of the molecule is CCC(C)C(=O)OCCc1ccc(C(C)(O)CC)cc1.CCC(C)c1ccc([Si](OC)(OC)OC)cc1. The van der Waals surface area contributed by atoms with Crippen molar-refractivity contribution in [2.24, 2.45) is 5.92 Å². The number of ether oxygens (including phenoxy) is 1. The van der Waals surface area contributed by atoms with Crippen LogP contribution in [0.3, 0.4) is 0 Å². The van der Waals surface area contributed by atoms with Crippen LogP contribution in [0.2, 0.25) is 0 Å². The Balaban J connectivity index is 0.000000375. The van der Waals surface area contributed by atoms with Gasteiger partial charge in [-0.25, -0.2) is 0 Å². The molecule has 2 aromatic rings. The quantitative estimate of drug-likeness (QED) is 0.263. The minimum absolute atomic E-state index is 0.0305. The second-order valence-electron chi connectivity index (χ2n) is 9.65. The van der Waals surface area contributed by atoms with Gasteiger partial charge in [0.25, 0.3) is 0 Å². The molecule has 0 saturated carbocycles. The van der Waals surface area contributed by atoms with Gasteiger partial charge in [-0.1, -0.05) is 83.1 Å². The third-order valence-corrected chi connectivity index (χ3v) is 9.82. The predicted molar refractivity (Wildman–Crippen MR) is 152 cm³/mol. The van der Waals surface area contributed by atoms with Crippen molar-refractivity contribution >= 4 is 20.0 Å². The van der Waals surface area contributed by atoms with Crippen molar-refractivity contribution in [3.63, 3.8) is 0 Å². The molecule has 208 valence electrons. The molecule has 2 aromatic carbocycles. The van der Waals surface area contributed by atoms with E-state index in [0.29, 0.717) is 25.4 Å². The first kappa shape index (κ1) is 33.0. The Morgan fingerprint density at radius 3 is 1.86 bits per heavy atom. The molecule has 0 radical (unpaired) electrons. The maximum atomic E-state index is 11.5. The lowest BCUT2D eigenvalue weighted by atomic mass is 9.92. The van der Waals surface area contributed by atoms with Crippen molar-refractivity contribution in [1.29, 1.82) is 0 Å². The largest absolute Gasteiger partial charge is 0.536 e. The molecule has 2 rings (SSSR count). The third kappa shape index (κ3) is 9.65. The molecule has 3 atom stereocenters. The normalized spacial score (nSPS) is 14.6. The topological polar surface area (TPSA) is 74.2 Å². The maximum absolute atomic E-state index is 11.5. The molecule has 3 unspecified atom stereocenters. The molecule has 0 aliphatic heterocycles. The van der Waals surface area contributed by atoms with Gasteiger partial charge in [-0.05, 0) is 48.8 Å². The first-order valence-electron chi connectivity index (χ1n) is 13.3. The van der Waals surface area contributed by atoms with Crippen molar-refractivity contribution in [3.05, 3.63) is 65.2 Å². The fourth-order valence-corrected chi connectivity index (χ4v) is 5.45. The van der Waals surface area contributed by atoms with Gasteiger partial charge in [0.15, 0.2) is 0 Å². The van der Waals surface area contributed by atoms with Crippen molar-refractivity contribution in [3.8, 4) is 0 Å². The lowest BCUT2D eigenvalue weighted by Gasteiger charge is -2.24. The van der Waals surface area contributed by atoms with Crippen molar-refractivity contribution in [2.75, 3.05) is 27.9 Å². The summed E-state index contributed by atoms with van der Waals surface area (Å²) in [4.78, 5) is 11.5. The lowest BCUT2D eigenvalue weighted by Crippen LogP contribution is -2.54. The summed E-state index contributed by atoms with van der Waals surface area (Å²) in [7, 11) is 2.22. The zero-order valence-corrected chi connectivity index (χ0v) is 25.3. The summed E-state index contributed by atoms with van der Waals surface area (Å²) in [6.07, 6.45) is 3.33. The number of esters is 1.